The minimum atomic E-state index is -1.23. The highest BCUT2D eigenvalue weighted by Gasteiger charge is 2.38. The minimum absolute atomic E-state index is 0.0552. The fourth-order valence-corrected chi connectivity index (χ4v) is 3.84. The van der Waals surface area contributed by atoms with Crippen molar-refractivity contribution < 1.29 is 29.6 Å². The molecule has 1 aliphatic rings. The van der Waals surface area contributed by atoms with Crippen molar-refractivity contribution in [3.05, 3.63) is 55.1 Å². The van der Waals surface area contributed by atoms with Crippen molar-refractivity contribution >= 4 is 40.4 Å². The first-order valence-electron chi connectivity index (χ1n) is 9.09. The van der Waals surface area contributed by atoms with E-state index in [9.17, 15) is 24.9 Å². The Balaban J connectivity index is 2.69. The molecule has 0 aromatic heterocycles. The Labute approximate surface area is 187 Å². The third kappa shape index (κ3) is 5.11. The Morgan fingerprint density at radius 2 is 1.77 bits per heavy atom. The zero-order chi connectivity index (χ0) is 23.1. The van der Waals surface area contributed by atoms with Gasteiger partial charge in [0.1, 0.15) is 6.11 Å². The van der Waals surface area contributed by atoms with Crippen LogP contribution >= 0.6 is 15.9 Å². The van der Waals surface area contributed by atoms with Gasteiger partial charge in [0.25, 0.3) is 0 Å². The molecule has 0 saturated heterocycles. The van der Waals surface area contributed by atoms with Gasteiger partial charge in [0.05, 0.1) is 29.6 Å². The van der Waals surface area contributed by atoms with Crippen molar-refractivity contribution in [2.45, 2.75) is 32.6 Å². The molecule has 0 saturated carbocycles. The average Bonchev–Trinajstić information content (AvgIpc) is 2.72. The number of nitrogens with one attached hydrogen (secondary N) is 1. The molecule has 0 radical (unpaired) electrons. The van der Waals surface area contributed by atoms with Crippen LogP contribution in [0.1, 0.15) is 38.2 Å². The van der Waals surface area contributed by atoms with Gasteiger partial charge in [0.15, 0.2) is 0 Å². The normalized spacial score (nSPS) is 16.9. The molecule has 1 aromatic rings. The molecule has 0 amide bonds. The molecular formula is C23H20BrNO6. The molecule has 7 nitrogen and oxygen atoms in total. The third-order valence-corrected chi connectivity index (χ3v) is 5.30. The second-order valence-electron chi connectivity index (χ2n) is 6.57. The number of hydrogen-bond donors (Lipinski definition) is 4. The van der Waals surface area contributed by atoms with Crippen LogP contribution in [0.4, 0.5) is 0 Å². The van der Waals surface area contributed by atoms with Crippen LogP contribution in [0.5, 0.6) is 0 Å². The molecule has 2 rings (SSSR count). The highest BCUT2D eigenvalue weighted by molar-refractivity contribution is 9.10. The lowest BCUT2D eigenvalue weighted by Crippen LogP contribution is -2.33. The maximum absolute atomic E-state index is 12.9. The average molecular weight is 486 g/mol. The summed E-state index contributed by atoms with van der Waals surface area (Å²) in [6.45, 7) is 3.21. The summed E-state index contributed by atoms with van der Waals surface area (Å²) < 4.78 is 5.48. The second kappa shape index (κ2) is 10.4. The van der Waals surface area contributed by atoms with E-state index >= 15 is 0 Å². The number of halogens is 1. The summed E-state index contributed by atoms with van der Waals surface area (Å²) in [5.74, 6) is 1.98. The Hall–Kier alpha value is -3.62. The summed E-state index contributed by atoms with van der Waals surface area (Å²) in [5.41, 5.74) is 1.13. The number of dihydropyridines is 1. The number of allylic oxidation sites excluding steroid dienone is 2. The fraction of sp³-hybridized carbons (Fsp3) is 0.217. The predicted octanol–water partition coefficient (Wildman–Crippen LogP) is 2.28. The quantitative estimate of drug-likeness (QED) is 0.293. The van der Waals surface area contributed by atoms with Gasteiger partial charge in [0, 0.05) is 39.1 Å². The second-order valence-corrected chi connectivity index (χ2v) is 7.43. The SMILES string of the molecule is C#CCCC#COC(=O)C1=C(C)NC(C)=C(C(=O)O)C1c1cc(=CO)c(=CO)cc1Br. The van der Waals surface area contributed by atoms with E-state index in [1.54, 1.807) is 13.8 Å². The van der Waals surface area contributed by atoms with Crippen molar-refractivity contribution in [1.82, 2.24) is 5.32 Å². The number of terminal acetylenes is 1. The van der Waals surface area contributed by atoms with E-state index in [0.717, 1.165) is 12.5 Å². The van der Waals surface area contributed by atoms with Gasteiger partial charge >= 0.3 is 11.9 Å². The van der Waals surface area contributed by atoms with Crippen molar-refractivity contribution in [1.29, 1.82) is 0 Å². The first-order chi connectivity index (χ1) is 14.8. The number of carbonyl (C=O) groups excluding carboxylic acids is 1. The fourth-order valence-electron chi connectivity index (χ4n) is 3.25. The Morgan fingerprint density at radius 1 is 1.16 bits per heavy atom. The van der Waals surface area contributed by atoms with Crippen LogP contribution in [0, 0.1) is 24.4 Å². The van der Waals surface area contributed by atoms with Crippen LogP contribution in [0.15, 0.2) is 39.1 Å². The van der Waals surface area contributed by atoms with Crippen LogP contribution in [-0.4, -0.2) is 27.3 Å². The molecule has 1 aromatic carbocycles. The predicted molar refractivity (Wildman–Crippen MR) is 118 cm³/mol. The Morgan fingerprint density at radius 3 is 2.35 bits per heavy atom. The number of aliphatic carboxylic acids is 1. The van der Waals surface area contributed by atoms with E-state index in [4.69, 9.17) is 11.2 Å². The van der Waals surface area contributed by atoms with Crippen molar-refractivity contribution in [2.24, 2.45) is 0 Å². The van der Waals surface area contributed by atoms with Crippen molar-refractivity contribution in [3.8, 4) is 24.4 Å². The van der Waals surface area contributed by atoms with Crippen LogP contribution in [0.25, 0.3) is 12.5 Å². The van der Waals surface area contributed by atoms with Crippen LogP contribution in [0.2, 0.25) is 0 Å². The summed E-state index contributed by atoms with van der Waals surface area (Å²) in [7, 11) is 0. The lowest BCUT2D eigenvalue weighted by atomic mass is 9.80. The molecule has 1 unspecified atom stereocenters. The highest BCUT2D eigenvalue weighted by Crippen LogP contribution is 2.40. The van der Waals surface area contributed by atoms with Crippen LogP contribution in [-0.2, 0) is 14.3 Å². The number of unbranched alkanes of at least 4 members (excludes halogenated alkanes) is 1. The monoisotopic (exact) mass is 485 g/mol. The topological polar surface area (TPSA) is 116 Å². The number of rotatable bonds is 4. The molecule has 1 heterocycles. The van der Waals surface area contributed by atoms with Crippen molar-refractivity contribution in [3.63, 3.8) is 0 Å². The molecule has 1 atom stereocenters. The Bertz CT molecular complexity index is 1210. The van der Waals surface area contributed by atoms with E-state index in [1.165, 1.54) is 12.1 Å². The van der Waals surface area contributed by atoms with Gasteiger partial charge in [-0.15, -0.1) is 12.3 Å². The number of aliphatic hydroxyl groups is 2. The molecule has 160 valence electrons. The lowest BCUT2D eigenvalue weighted by Gasteiger charge is -2.29. The van der Waals surface area contributed by atoms with Crippen LogP contribution in [0.3, 0.4) is 0 Å². The number of ether oxygens (including phenoxy) is 1. The molecule has 0 aliphatic carbocycles. The third-order valence-electron chi connectivity index (χ3n) is 4.61. The summed E-state index contributed by atoms with van der Waals surface area (Å²) >= 11 is 3.38. The number of esters is 1. The molecule has 8 heteroatoms. The number of hydrogen-bond acceptors (Lipinski definition) is 6. The molecular weight excluding hydrogens is 466 g/mol. The number of carboxylic acids is 1. The molecule has 31 heavy (non-hydrogen) atoms. The highest BCUT2D eigenvalue weighted by atomic mass is 79.9. The molecule has 0 bridgehead atoms. The van der Waals surface area contributed by atoms with Gasteiger partial charge in [-0.25, -0.2) is 9.59 Å². The summed E-state index contributed by atoms with van der Waals surface area (Å²) in [5, 5.41) is 32.3. The standard InChI is InChI=1S/C23H20BrNO6/c1-4-5-6-7-8-31-23(30)20-14(3)25-13(2)19(22(28)29)21(20)17-9-15(11-26)16(12-27)10-18(17)24/h1,9-12,21,25-27H,5-6H2,2-3H3,(H,28,29). The number of carboxylic acid groups (broad SMARTS) is 1. The van der Waals surface area contributed by atoms with E-state index in [1.807, 2.05) is 0 Å². The van der Waals surface area contributed by atoms with E-state index in [-0.39, 0.29) is 16.4 Å². The molecule has 0 spiro atoms. The van der Waals surface area contributed by atoms with Gasteiger partial charge in [-0.05, 0) is 31.5 Å². The summed E-state index contributed by atoms with van der Waals surface area (Å²) in [4.78, 5) is 25.0. The molecule has 1 aliphatic heterocycles. The van der Waals surface area contributed by atoms with Crippen molar-refractivity contribution in [2.75, 3.05) is 0 Å². The zero-order valence-corrected chi connectivity index (χ0v) is 18.4. The maximum atomic E-state index is 12.9. The van der Waals surface area contributed by atoms with Gasteiger partial charge in [0.2, 0.25) is 0 Å². The number of aliphatic hydroxyl groups excluding tert-OH is 2. The zero-order valence-electron chi connectivity index (χ0n) is 16.8. The molecule has 0 fully saturated rings. The van der Waals surface area contributed by atoms with Gasteiger partial charge < -0.3 is 25.4 Å². The number of carbonyl (C=O) groups is 2. The largest absolute Gasteiger partial charge is 0.515 e. The Kier molecular flexibility index (Phi) is 7.95. The maximum Gasteiger partial charge on any atom is 0.350 e. The smallest absolute Gasteiger partial charge is 0.350 e. The minimum Gasteiger partial charge on any atom is -0.515 e. The van der Waals surface area contributed by atoms with Gasteiger partial charge in [-0.1, -0.05) is 21.9 Å². The van der Waals surface area contributed by atoms with Crippen LogP contribution < -0.4 is 15.8 Å². The summed E-state index contributed by atoms with van der Waals surface area (Å²) in [6.07, 6.45) is 9.80. The van der Waals surface area contributed by atoms with E-state index in [0.29, 0.717) is 39.5 Å². The molecule has 4 N–H and O–H groups in total. The number of benzene rings is 1. The lowest BCUT2D eigenvalue weighted by molar-refractivity contribution is -0.133. The first-order valence-corrected chi connectivity index (χ1v) is 9.88. The van der Waals surface area contributed by atoms with Gasteiger partial charge in [-0.3, -0.25) is 0 Å². The first kappa shape index (κ1) is 23.7. The van der Waals surface area contributed by atoms with Gasteiger partial charge in [-0.2, -0.15) is 0 Å². The van der Waals surface area contributed by atoms with E-state index in [2.05, 4.69) is 39.2 Å². The summed E-state index contributed by atoms with van der Waals surface area (Å²) in [6, 6.07) is 2.99. The van der Waals surface area contributed by atoms with E-state index < -0.39 is 17.9 Å².